The number of thiazole rings is 1. The fraction of sp³-hybridized carbons (Fsp3) is 0.706. The molecule has 24 heavy (non-hydrogen) atoms. The molecule has 1 aliphatic carbocycles. The summed E-state index contributed by atoms with van der Waals surface area (Å²) in [6.45, 7) is 2.30. The third-order valence-electron chi connectivity index (χ3n) is 5.27. The molecular weight excluding hydrogens is 324 g/mol. The fourth-order valence-corrected chi connectivity index (χ4v) is 4.64. The van der Waals surface area contributed by atoms with Crippen LogP contribution < -0.4 is 4.90 Å². The van der Waals surface area contributed by atoms with Crippen LogP contribution in [0.15, 0.2) is 0 Å². The van der Waals surface area contributed by atoms with Crippen LogP contribution in [0.4, 0.5) is 5.82 Å². The number of likely N-dealkylation sites (N-methyl/N-ethyl adjacent to an activating group) is 1. The van der Waals surface area contributed by atoms with E-state index >= 15 is 0 Å². The minimum absolute atomic E-state index is 0.0255. The maximum Gasteiger partial charge on any atom is 0.282 e. The summed E-state index contributed by atoms with van der Waals surface area (Å²) in [7, 11) is 4.12. The van der Waals surface area contributed by atoms with Gasteiger partial charge in [0.05, 0.1) is 0 Å². The highest BCUT2D eigenvalue weighted by atomic mass is 32.1. The number of fused-ring (bicyclic) bond motifs is 1. The molecule has 0 bridgehead atoms. The van der Waals surface area contributed by atoms with Gasteiger partial charge in [0, 0.05) is 36.5 Å². The van der Waals surface area contributed by atoms with Crippen molar-refractivity contribution < 1.29 is 9.59 Å². The Labute approximate surface area is 146 Å². The maximum absolute atomic E-state index is 12.8. The molecule has 0 aromatic carbocycles. The van der Waals surface area contributed by atoms with Crippen LogP contribution in [0, 0.1) is 5.92 Å². The zero-order chi connectivity index (χ0) is 16.8. The van der Waals surface area contributed by atoms with Crippen molar-refractivity contribution in [3.05, 3.63) is 9.88 Å². The minimum atomic E-state index is 0.0255. The van der Waals surface area contributed by atoms with Gasteiger partial charge in [-0.2, -0.15) is 0 Å². The molecule has 3 heterocycles. The Morgan fingerprint density at radius 1 is 1.21 bits per heavy atom. The predicted octanol–water partition coefficient (Wildman–Crippen LogP) is 1.61. The quantitative estimate of drug-likeness (QED) is 0.833. The van der Waals surface area contributed by atoms with Crippen molar-refractivity contribution in [2.45, 2.75) is 38.1 Å². The van der Waals surface area contributed by atoms with Gasteiger partial charge in [-0.05, 0) is 46.2 Å². The van der Waals surface area contributed by atoms with Gasteiger partial charge in [0.1, 0.15) is 5.82 Å². The molecule has 4 rings (SSSR count). The van der Waals surface area contributed by atoms with Crippen molar-refractivity contribution in [1.29, 1.82) is 0 Å². The molecule has 2 amide bonds. The summed E-state index contributed by atoms with van der Waals surface area (Å²) in [5.74, 6) is 1.18. The first-order valence-electron chi connectivity index (χ1n) is 8.81. The van der Waals surface area contributed by atoms with Crippen LogP contribution in [0.1, 0.15) is 40.4 Å². The number of amides is 2. The van der Waals surface area contributed by atoms with E-state index in [-0.39, 0.29) is 17.7 Å². The Morgan fingerprint density at radius 3 is 2.67 bits per heavy atom. The van der Waals surface area contributed by atoms with Gasteiger partial charge >= 0.3 is 0 Å². The number of aryl methyl sites for hydroxylation is 1. The number of carbonyl (C=O) groups is 2. The molecule has 130 valence electrons. The molecule has 3 aliphatic rings. The monoisotopic (exact) mass is 348 g/mol. The number of likely N-dealkylation sites (tertiary alicyclic amines) is 1. The van der Waals surface area contributed by atoms with E-state index in [0.29, 0.717) is 11.0 Å². The van der Waals surface area contributed by atoms with Crippen molar-refractivity contribution in [3.63, 3.8) is 0 Å². The average Bonchev–Trinajstić information content (AvgIpc) is 3.13. The van der Waals surface area contributed by atoms with Crippen molar-refractivity contribution >= 4 is 29.0 Å². The largest absolute Gasteiger partial charge is 0.335 e. The molecule has 0 N–H and O–H groups in total. The van der Waals surface area contributed by atoms with Crippen molar-refractivity contribution in [1.82, 2.24) is 14.8 Å². The Kier molecular flexibility index (Phi) is 4.08. The van der Waals surface area contributed by atoms with Gasteiger partial charge in [0.25, 0.3) is 5.91 Å². The topological polar surface area (TPSA) is 56.8 Å². The highest BCUT2D eigenvalue weighted by molar-refractivity contribution is 7.14. The second-order valence-corrected chi connectivity index (χ2v) is 8.37. The highest BCUT2D eigenvalue weighted by Gasteiger charge is 2.38. The van der Waals surface area contributed by atoms with E-state index in [1.165, 1.54) is 11.3 Å². The minimum Gasteiger partial charge on any atom is -0.335 e. The molecule has 6 nitrogen and oxygen atoms in total. The predicted molar refractivity (Wildman–Crippen MR) is 93.5 cm³/mol. The van der Waals surface area contributed by atoms with Gasteiger partial charge in [-0.15, -0.1) is 11.3 Å². The molecule has 7 heteroatoms. The van der Waals surface area contributed by atoms with Gasteiger partial charge in [-0.25, -0.2) is 4.98 Å². The van der Waals surface area contributed by atoms with E-state index in [4.69, 9.17) is 0 Å². The molecule has 0 spiro atoms. The summed E-state index contributed by atoms with van der Waals surface area (Å²) in [6.07, 6.45) is 4.90. The average molecular weight is 348 g/mol. The van der Waals surface area contributed by atoms with Crippen molar-refractivity contribution in [2.24, 2.45) is 5.92 Å². The van der Waals surface area contributed by atoms with Crippen LogP contribution in [0.3, 0.4) is 0 Å². The zero-order valence-corrected chi connectivity index (χ0v) is 15.1. The summed E-state index contributed by atoms with van der Waals surface area (Å²) in [5.41, 5.74) is 0. The molecule has 0 radical (unpaired) electrons. The van der Waals surface area contributed by atoms with Gasteiger partial charge < -0.3 is 9.80 Å². The fourth-order valence-electron chi connectivity index (χ4n) is 3.56. The molecule has 1 saturated carbocycles. The molecule has 1 atom stereocenters. The Hall–Kier alpha value is -1.47. The van der Waals surface area contributed by atoms with E-state index in [0.717, 1.165) is 62.4 Å². The first kappa shape index (κ1) is 16.0. The van der Waals surface area contributed by atoms with E-state index < -0.39 is 0 Å². The zero-order valence-electron chi connectivity index (χ0n) is 14.3. The Balaban J connectivity index is 1.53. The first-order valence-corrected chi connectivity index (χ1v) is 9.63. The Bertz CT molecular complexity index is 668. The van der Waals surface area contributed by atoms with Crippen LogP contribution in [0.25, 0.3) is 0 Å². The SMILES string of the molecule is CN(C)[C@H]1CCN(C(=O)c2nc3c(s2)CCCN3C(=O)C2CC2)C1. The van der Waals surface area contributed by atoms with Crippen molar-refractivity contribution in [2.75, 3.05) is 38.6 Å². The lowest BCUT2D eigenvalue weighted by molar-refractivity contribution is -0.119. The van der Waals surface area contributed by atoms with Gasteiger partial charge in [-0.1, -0.05) is 0 Å². The van der Waals surface area contributed by atoms with Crippen LogP contribution in [0.5, 0.6) is 0 Å². The number of carbonyl (C=O) groups excluding carboxylic acids is 2. The number of aromatic nitrogens is 1. The number of rotatable bonds is 3. The molecule has 1 saturated heterocycles. The van der Waals surface area contributed by atoms with Gasteiger partial charge in [0.2, 0.25) is 5.91 Å². The van der Waals surface area contributed by atoms with Crippen LogP contribution in [-0.4, -0.2) is 66.4 Å². The summed E-state index contributed by atoms with van der Waals surface area (Å²) in [6, 6.07) is 0.427. The lowest BCUT2D eigenvalue weighted by Gasteiger charge is -2.25. The molecule has 1 aromatic heterocycles. The Morgan fingerprint density at radius 2 is 2.00 bits per heavy atom. The molecule has 1 aromatic rings. The lowest BCUT2D eigenvalue weighted by Crippen LogP contribution is -2.36. The highest BCUT2D eigenvalue weighted by Crippen LogP contribution is 2.37. The second kappa shape index (κ2) is 6.11. The smallest absolute Gasteiger partial charge is 0.282 e. The number of anilines is 1. The first-order chi connectivity index (χ1) is 11.5. The summed E-state index contributed by atoms with van der Waals surface area (Å²) in [5, 5.41) is 0.551. The summed E-state index contributed by atoms with van der Waals surface area (Å²) >= 11 is 1.48. The maximum atomic E-state index is 12.8. The van der Waals surface area contributed by atoms with E-state index in [9.17, 15) is 9.59 Å². The van der Waals surface area contributed by atoms with Crippen LogP contribution in [-0.2, 0) is 11.2 Å². The molecular formula is C17H24N4O2S. The van der Waals surface area contributed by atoms with Gasteiger partial charge in [0.15, 0.2) is 5.01 Å². The summed E-state index contributed by atoms with van der Waals surface area (Å²) < 4.78 is 0. The standard InChI is InChI=1S/C17H24N4O2S/c1-19(2)12-7-9-20(10-12)17(23)15-18-14-13(24-15)4-3-8-21(14)16(22)11-5-6-11/h11-12H,3-10H2,1-2H3/t12-/m0/s1. The van der Waals surface area contributed by atoms with Gasteiger partial charge in [-0.3, -0.25) is 14.5 Å². The third-order valence-corrected chi connectivity index (χ3v) is 6.37. The van der Waals surface area contributed by atoms with Crippen LogP contribution >= 0.6 is 11.3 Å². The lowest BCUT2D eigenvalue weighted by atomic mass is 10.1. The van der Waals surface area contributed by atoms with E-state index in [1.807, 2.05) is 9.80 Å². The molecule has 2 fully saturated rings. The second-order valence-electron chi connectivity index (χ2n) is 7.29. The summed E-state index contributed by atoms with van der Waals surface area (Å²) in [4.78, 5) is 36.9. The number of hydrogen-bond acceptors (Lipinski definition) is 5. The molecule has 0 unspecified atom stereocenters. The van der Waals surface area contributed by atoms with E-state index in [1.54, 1.807) is 0 Å². The number of hydrogen-bond donors (Lipinski definition) is 0. The third kappa shape index (κ3) is 2.84. The van der Waals surface area contributed by atoms with Crippen molar-refractivity contribution in [3.8, 4) is 0 Å². The number of nitrogens with zero attached hydrogens (tertiary/aromatic N) is 4. The van der Waals surface area contributed by atoms with E-state index in [2.05, 4.69) is 24.0 Å². The molecule has 2 aliphatic heterocycles. The van der Waals surface area contributed by atoms with Crippen LogP contribution in [0.2, 0.25) is 0 Å². The normalized spacial score (nSPS) is 23.7.